The van der Waals surface area contributed by atoms with Crippen LogP contribution < -0.4 is 0 Å². The zero-order valence-corrected chi connectivity index (χ0v) is 11.5. The third-order valence-corrected chi connectivity index (χ3v) is 4.51. The highest BCUT2D eigenvalue weighted by Crippen LogP contribution is 2.32. The fourth-order valence-electron chi connectivity index (χ4n) is 3.15. The molecule has 2 aliphatic rings. The van der Waals surface area contributed by atoms with Gasteiger partial charge in [-0.2, -0.15) is 0 Å². The molecule has 0 N–H and O–H groups in total. The van der Waals surface area contributed by atoms with E-state index in [1.807, 2.05) is 6.20 Å². The summed E-state index contributed by atoms with van der Waals surface area (Å²) in [5.41, 5.74) is 2.27. The second kappa shape index (κ2) is 5.27. The number of rotatable bonds is 2. The predicted octanol–water partition coefficient (Wildman–Crippen LogP) is 2.29. The van der Waals surface area contributed by atoms with Crippen LogP contribution in [0.5, 0.6) is 0 Å². The molecule has 1 saturated carbocycles. The van der Waals surface area contributed by atoms with Gasteiger partial charge in [0.25, 0.3) is 0 Å². The van der Waals surface area contributed by atoms with Crippen LogP contribution in [0.15, 0.2) is 12.5 Å². The van der Waals surface area contributed by atoms with Crippen molar-refractivity contribution in [2.45, 2.75) is 44.9 Å². The van der Waals surface area contributed by atoms with Crippen LogP contribution in [0.3, 0.4) is 0 Å². The van der Waals surface area contributed by atoms with E-state index in [4.69, 9.17) is 0 Å². The number of aryl methyl sites for hydroxylation is 1. The summed E-state index contributed by atoms with van der Waals surface area (Å²) in [5, 5.41) is 0. The second-order valence-electron chi connectivity index (χ2n) is 5.84. The van der Waals surface area contributed by atoms with E-state index in [1.165, 1.54) is 6.42 Å². The van der Waals surface area contributed by atoms with Gasteiger partial charge >= 0.3 is 0 Å². The van der Waals surface area contributed by atoms with E-state index in [0.717, 1.165) is 50.0 Å². The first kappa shape index (κ1) is 12.6. The van der Waals surface area contributed by atoms with E-state index in [2.05, 4.69) is 21.8 Å². The minimum absolute atomic E-state index is 0.310. The normalized spacial score (nSPS) is 24.1. The molecule has 0 spiro atoms. The van der Waals surface area contributed by atoms with Crippen LogP contribution in [-0.2, 0) is 4.79 Å². The average molecular weight is 259 g/mol. The van der Waals surface area contributed by atoms with E-state index in [-0.39, 0.29) is 0 Å². The lowest BCUT2D eigenvalue weighted by Gasteiger charge is -2.37. The second-order valence-corrected chi connectivity index (χ2v) is 5.84. The highest BCUT2D eigenvalue weighted by molar-refractivity contribution is 5.79. The lowest BCUT2D eigenvalue weighted by atomic mass is 9.83. The molecule has 19 heavy (non-hydrogen) atoms. The molecule has 0 unspecified atom stereocenters. The molecule has 2 heterocycles. The third-order valence-electron chi connectivity index (χ3n) is 4.51. The lowest BCUT2D eigenvalue weighted by molar-refractivity contribution is -0.139. The molecular weight excluding hydrogens is 238 g/mol. The van der Waals surface area contributed by atoms with Crippen molar-refractivity contribution in [3.8, 4) is 0 Å². The number of nitrogens with zero attached hydrogens (tertiary/aromatic N) is 3. The maximum Gasteiger partial charge on any atom is 0.225 e. The molecule has 1 aromatic heterocycles. The smallest absolute Gasteiger partial charge is 0.225 e. The summed E-state index contributed by atoms with van der Waals surface area (Å²) in [6, 6.07) is 0. The molecule has 1 aliphatic carbocycles. The molecular formula is C15H21N3O. The minimum atomic E-state index is 0.310. The van der Waals surface area contributed by atoms with E-state index in [9.17, 15) is 4.79 Å². The Balaban J connectivity index is 1.71. The van der Waals surface area contributed by atoms with Gasteiger partial charge in [0.1, 0.15) is 6.33 Å². The Morgan fingerprint density at radius 3 is 2.84 bits per heavy atom. The summed E-state index contributed by atoms with van der Waals surface area (Å²) in [6.07, 6.45) is 9.11. The van der Waals surface area contributed by atoms with Gasteiger partial charge in [0.15, 0.2) is 0 Å². The van der Waals surface area contributed by atoms with Crippen molar-refractivity contribution in [2.24, 2.45) is 5.92 Å². The molecule has 1 atom stereocenters. The Bertz CT molecular complexity index is 470. The molecule has 1 aromatic rings. The Morgan fingerprint density at radius 1 is 1.32 bits per heavy atom. The largest absolute Gasteiger partial charge is 0.342 e. The molecule has 4 heteroatoms. The van der Waals surface area contributed by atoms with Crippen molar-refractivity contribution in [3.63, 3.8) is 0 Å². The van der Waals surface area contributed by atoms with Crippen LogP contribution in [0.4, 0.5) is 0 Å². The highest BCUT2D eigenvalue weighted by Gasteiger charge is 2.33. The van der Waals surface area contributed by atoms with E-state index >= 15 is 0 Å². The summed E-state index contributed by atoms with van der Waals surface area (Å²) in [5.74, 6) is 1.08. The Morgan fingerprint density at radius 2 is 2.16 bits per heavy atom. The predicted molar refractivity (Wildman–Crippen MR) is 72.7 cm³/mol. The van der Waals surface area contributed by atoms with Crippen molar-refractivity contribution in [1.29, 1.82) is 0 Å². The van der Waals surface area contributed by atoms with Gasteiger partial charge in [0.2, 0.25) is 5.91 Å². The van der Waals surface area contributed by atoms with Gasteiger partial charge in [-0.15, -0.1) is 0 Å². The fraction of sp³-hybridized carbons (Fsp3) is 0.667. The van der Waals surface area contributed by atoms with Gasteiger partial charge in [-0.3, -0.25) is 4.79 Å². The Labute approximate surface area is 114 Å². The average Bonchev–Trinajstić information content (AvgIpc) is 2.37. The van der Waals surface area contributed by atoms with Gasteiger partial charge in [-0.25, -0.2) is 9.97 Å². The molecule has 0 aromatic carbocycles. The minimum Gasteiger partial charge on any atom is -0.342 e. The van der Waals surface area contributed by atoms with E-state index < -0.39 is 0 Å². The topological polar surface area (TPSA) is 46.1 Å². The number of amides is 1. The van der Waals surface area contributed by atoms with Gasteiger partial charge in [0.05, 0.1) is 5.69 Å². The van der Waals surface area contributed by atoms with Crippen molar-refractivity contribution in [2.75, 3.05) is 13.1 Å². The molecule has 0 bridgehead atoms. The highest BCUT2D eigenvalue weighted by atomic mass is 16.2. The van der Waals surface area contributed by atoms with Crippen LogP contribution in [-0.4, -0.2) is 33.9 Å². The maximum atomic E-state index is 12.3. The molecule has 3 rings (SSSR count). The van der Waals surface area contributed by atoms with Crippen LogP contribution in [0.2, 0.25) is 0 Å². The zero-order valence-electron chi connectivity index (χ0n) is 11.5. The standard InChI is InChI=1S/C15H21N3O/c1-11-8-16-10-17-14(11)13-6-3-7-18(9-13)15(19)12-4-2-5-12/h8,10,12-13H,2-7,9H2,1H3/t13-/m0/s1. The molecule has 1 aliphatic heterocycles. The first-order chi connectivity index (χ1) is 9.25. The number of carbonyl (C=O) groups is 1. The number of hydrogen-bond donors (Lipinski definition) is 0. The Kier molecular flexibility index (Phi) is 3.49. The number of carbonyl (C=O) groups excluding carboxylic acids is 1. The SMILES string of the molecule is Cc1cncnc1[C@H]1CCCN(C(=O)C2CCC2)C1. The third kappa shape index (κ3) is 2.48. The molecule has 1 amide bonds. The van der Waals surface area contributed by atoms with E-state index in [1.54, 1.807) is 6.33 Å². The van der Waals surface area contributed by atoms with Crippen molar-refractivity contribution in [1.82, 2.24) is 14.9 Å². The number of likely N-dealkylation sites (tertiary alicyclic amines) is 1. The number of aromatic nitrogens is 2. The Hall–Kier alpha value is -1.45. The summed E-state index contributed by atoms with van der Waals surface area (Å²) in [4.78, 5) is 22.9. The first-order valence-electron chi connectivity index (χ1n) is 7.31. The van der Waals surface area contributed by atoms with E-state index in [0.29, 0.717) is 17.7 Å². The zero-order chi connectivity index (χ0) is 13.2. The fourth-order valence-corrected chi connectivity index (χ4v) is 3.15. The molecule has 102 valence electrons. The molecule has 4 nitrogen and oxygen atoms in total. The summed E-state index contributed by atoms with van der Waals surface area (Å²) < 4.78 is 0. The lowest BCUT2D eigenvalue weighted by Crippen LogP contribution is -2.44. The quantitative estimate of drug-likeness (QED) is 0.818. The van der Waals surface area contributed by atoms with Gasteiger partial charge in [-0.05, 0) is 38.2 Å². The summed E-state index contributed by atoms with van der Waals surface area (Å²) in [6.45, 7) is 3.82. The van der Waals surface area contributed by atoms with Gasteiger partial charge in [0, 0.05) is 31.1 Å². The van der Waals surface area contributed by atoms with Crippen molar-refractivity contribution < 1.29 is 4.79 Å². The summed E-state index contributed by atoms with van der Waals surface area (Å²) >= 11 is 0. The van der Waals surface area contributed by atoms with Crippen LogP contribution in [0, 0.1) is 12.8 Å². The van der Waals surface area contributed by atoms with Crippen molar-refractivity contribution in [3.05, 3.63) is 23.8 Å². The molecule has 0 radical (unpaired) electrons. The van der Waals surface area contributed by atoms with Crippen LogP contribution in [0.1, 0.15) is 49.3 Å². The number of hydrogen-bond acceptors (Lipinski definition) is 3. The first-order valence-corrected chi connectivity index (χ1v) is 7.31. The van der Waals surface area contributed by atoms with Gasteiger partial charge < -0.3 is 4.90 Å². The van der Waals surface area contributed by atoms with Crippen LogP contribution >= 0.6 is 0 Å². The van der Waals surface area contributed by atoms with Gasteiger partial charge in [-0.1, -0.05) is 6.42 Å². The molecule has 1 saturated heterocycles. The monoisotopic (exact) mass is 259 g/mol. The van der Waals surface area contributed by atoms with Crippen molar-refractivity contribution >= 4 is 5.91 Å². The van der Waals surface area contributed by atoms with Crippen LogP contribution in [0.25, 0.3) is 0 Å². The number of piperidine rings is 1. The summed E-state index contributed by atoms with van der Waals surface area (Å²) in [7, 11) is 0. The maximum absolute atomic E-state index is 12.3. The molecule has 2 fully saturated rings.